The summed E-state index contributed by atoms with van der Waals surface area (Å²) in [5, 5.41) is 3.30. The molecule has 96 valence electrons. The van der Waals surface area contributed by atoms with Crippen LogP contribution in [0.2, 0.25) is 0 Å². The summed E-state index contributed by atoms with van der Waals surface area (Å²) in [6.07, 6.45) is 2.40. The second kappa shape index (κ2) is 4.80. The molecule has 2 rings (SSSR count). The van der Waals surface area contributed by atoms with E-state index in [9.17, 15) is 8.42 Å². The van der Waals surface area contributed by atoms with Crippen molar-refractivity contribution in [3.63, 3.8) is 0 Å². The van der Waals surface area contributed by atoms with E-state index >= 15 is 0 Å². The number of nitrogens with zero attached hydrogens (tertiary/aromatic N) is 1. The van der Waals surface area contributed by atoms with Gasteiger partial charge in [0.1, 0.15) is 5.76 Å². The van der Waals surface area contributed by atoms with E-state index in [-0.39, 0.29) is 5.09 Å². The van der Waals surface area contributed by atoms with Gasteiger partial charge in [0.2, 0.25) is 5.09 Å². The number of rotatable bonds is 6. The Labute approximate surface area is 102 Å². The van der Waals surface area contributed by atoms with Gasteiger partial charge in [0.15, 0.2) is 0 Å². The van der Waals surface area contributed by atoms with Crippen LogP contribution in [0.15, 0.2) is 21.6 Å². The topological polar surface area (TPSA) is 62.6 Å². The van der Waals surface area contributed by atoms with Crippen LogP contribution in [0.1, 0.15) is 25.5 Å². The molecule has 17 heavy (non-hydrogen) atoms. The zero-order valence-electron chi connectivity index (χ0n) is 10.1. The molecule has 1 N–H and O–H groups in total. The fraction of sp³-hybridized carbons (Fsp3) is 0.636. The van der Waals surface area contributed by atoms with Crippen molar-refractivity contribution in [2.24, 2.45) is 0 Å². The van der Waals surface area contributed by atoms with Crippen molar-refractivity contribution >= 4 is 10.0 Å². The van der Waals surface area contributed by atoms with Crippen LogP contribution in [0.3, 0.4) is 0 Å². The minimum atomic E-state index is -3.45. The highest BCUT2D eigenvalue weighted by molar-refractivity contribution is 7.89. The van der Waals surface area contributed by atoms with Crippen molar-refractivity contribution < 1.29 is 12.8 Å². The quantitative estimate of drug-likeness (QED) is 0.832. The van der Waals surface area contributed by atoms with Crippen LogP contribution >= 0.6 is 0 Å². The van der Waals surface area contributed by atoms with Crippen LogP contribution in [0.5, 0.6) is 0 Å². The molecule has 0 aliphatic heterocycles. The van der Waals surface area contributed by atoms with Gasteiger partial charge in [0, 0.05) is 19.6 Å². The summed E-state index contributed by atoms with van der Waals surface area (Å²) >= 11 is 0. The molecule has 1 aliphatic rings. The van der Waals surface area contributed by atoms with E-state index in [4.69, 9.17) is 4.42 Å². The van der Waals surface area contributed by atoms with Gasteiger partial charge in [0.25, 0.3) is 10.0 Å². The molecule has 6 heteroatoms. The van der Waals surface area contributed by atoms with E-state index in [1.165, 1.54) is 23.2 Å². The lowest BCUT2D eigenvalue weighted by molar-refractivity contribution is 0.383. The monoisotopic (exact) mass is 258 g/mol. The highest BCUT2D eigenvalue weighted by Gasteiger charge is 2.24. The van der Waals surface area contributed by atoms with Crippen molar-refractivity contribution in [3.05, 3.63) is 17.9 Å². The molecule has 0 unspecified atom stereocenters. The number of nitrogens with one attached hydrogen (secondary N) is 1. The van der Waals surface area contributed by atoms with Gasteiger partial charge in [-0.1, -0.05) is 6.92 Å². The molecule has 0 aromatic carbocycles. The first-order valence-electron chi connectivity index (χ1n) is 5.82. The molecule has 0 spiro atoms. The Kier molecular flexibility index (Phi) is 3.56. The van der Waals surface area contributed by atoms with Gasteiger partial charge in [-0.15, -0.1) is 0 Å². The van der Waals surface area contributed by atoms with E-state index in [0.717, 1.165) is 0 Å². The van der Waals surface area contributed by atoms with E-state index in [1.807, 2.05) is 0 Å². The zero-order valence-corrected chi connectivity index (χ0v) is 11.0. The van der Waals surface area contributed by atoms with Gasteiger partial charge in [-0.25, -0.2) is 8.42 Å². The van der Waals surface area contributed by atoms with Crippen LogP contribution < -0.4 is 5.32 Å². The lowest BCUT2D eigenvalue weighted by atomic mass is 10.4. The van der Waals surface area contributed by atoms with Crippen molar-refractivity contribution in [1.82, 2.24) is 9.62 Å². The molecule has 1 aliphatic carbocycles. The molecule has 0 saturated heterocycles. The summed E-state index contributed by atoms with van der Waals surface area (Å²) in [6, 6.07) is 3.82. The summed E-state index contributed by atoms with van der Waals surface area (Å²) < 4.78 is 30.5. The lowest BCUT2D eigenvalue weighted by Crippen LogP contribution is -2.26. The number of hydrogen-bond donors (Lipinski definition) is 1. The fourth-order valence-corrected chi connectivity index (χ4v) is 2.55. The first kappa shape index (κ1) is 12.6. The predicted molar refractivity (Wildman–Crippen MR) is 64.1 cm³/mol. The smallest absolute Gasteiger partial charge is 0.276 e. The van der Waals surface area contributed by atoms with Crippen LogP contribution in [0.4, 0.5) is 0 Å². The summed E-state index contributed by atoms with van der Waals surface area (Å²) in [6.45, 7) is 2.81. The average molecular weight is 258 g/mol. The normalized spacial score (nSPS) is 16.6. The van der Waals surface area contributed by atoms with E-state index < -0.39 is 10.0 Å². The SMILES string of the molecule is CCN(C)S(=O)(=O)c1ccc(CNC2CC2)o1. The van der Waals surface area contributed by atoms with E-state index in [2.05, 4.69) is 5.32 Å². The Morgan fingerprint density at radius 2 is 2.18 bits per heavy atom. The van der Waals surface area contributed by atoms with Crippen LogP contribution in [-0.2, 0) is 16.6 Å². The van der Waals surface area contributed by atoms with Gasteiger partial charge in [-0.2, -0.15) is 4.31 Å². The highest BCUT2D eigenvalue weighted by atomic mass is 32.2. The number of hydrogen-bond acceptors (Lipinski definition) is 4. The van der Waals surface area contributed by atoms with Gasteiger partial charge in [-0.3, -0.25) is 0 Å². The average Bonchev–Trinajstić information content (AvgIpc) is 3.01. The predicted octanol–water partition coefficient (Wildman–Crippen LogP) is 1.17. The second-order valence-corrected chi connectivity index (χ2v) is 6.27. The van der Waals surface area contributed by atoms with Crippen molar-refractivity contribution in [3.8, 4) is 0 Å². The first-order chi connectivity index (χ1) is 8.04. The Hall–Kier alpha value is -0.850. The Balaban J connectivity index is 2.05. The molecule has 0 amide bonds. The van der Waals surface area contributed by atoms with Crippen LogP contribution in [-0.4, -0.2) is 32.4 Å². The standard InChI is InChI=1S/C11H18N2O3S/c1-3-13(2)17(14,15)11-7-6-10(16-11)8-12-9-4-5-9/h6-7,9,12H,3-5,8H2,1-2H3. The molecule has 5 nitrogen and oxygen atoms in total. The molecule has 0 bridgehead atoms. The third-order valence-corrected chi connectivity index (χ3v) is 4.70. The minimum absolute atomic E-state index is 0.0226. The fourth-order valence-electron chi connectivity index (χ4n) is 1.45. The zero-order chi connectivity index (χ0) is 12.5. The molecule has 0 radical (unpaired) electrons. The van der Waals surface area contributed by atoms with Gasteiger partial charge in [-0.05, 0) is 25.0 Å². The van der Waals surface area contributed by atoms with E-state index in [0.29, 0.717) is 24.9 Å². The summed E-state index contributed by atoms with van der Waals surface area (Å²) in [5.41, 5.74) is 0. The van der Waals surface area contributed by atoms with Gasteiger partial charge >= 0.3 is 0 Å². The summed E-state index contributed by atoms with van der Waals surface area (Å²) in [5.74, 6) is 0.667. The van der Waals surface area contributed by atoms with Gasteiger partial charge in [0.05, 0.1) is 6.54 Å². The maximum atomic E-state index is 11.9. The highest BCUT2D eigenvalue weighted by Crippen LogP contribution is 2.21. The maximum absolute atomic E-state index is 11.9. The second-order valence-electron chi connectivity index (χ2n) is 4.30. The van der Waals surface area contributed by atoms with E-state index in [1.54, 1.807) is 20.0 Å². The molecule has 1 fully saturated rings. The van der Waals surface area contributed by atoms with Crippen molar-refractivity contribution in [1.29, 1.82) is 0 Å². The number of furan rings is 1. The first-order valence-corrected chi connectivity index (χ1v) is 7.26. The van der Waals surface area contributed by atoms with Crippen LogP contribution in [0, 0.1) is 0 Å². The molecule has 1 heterocycles. The Morgan fingerprint density at radius 1 is 1.47 bits per heavy atom. The summed E-state index contributed by atoms with van der Waals surface area (Å²) in [7, 11) is -1.91. The minimum Gasteiger partial charge on any atom is -0.447 e. The maximum Gasteiger partial charge on any atom is 0.276 e. The molecule has 1 saturated carbocycles. The lowest BCUT2D eigenvalue weighted by Gasteiger charge is -2.11. The molecule has 0 atom stereocenters. The van der Waals surface area contributed by atoms with Gasteiger partial charge < -0.3 is 9.73 Å². The van der Waals surface area contributed by atoms with Crippen molar-refractivity contribution in [2.75, 3.05) is 13.6 Å². The number of sulfonamides is 1. The largest absolute Gasteiger partial charge is 0.447 e. The Morgan fingerprint density at radius 3 is 2.76 bits per heavy atom. The third-order valence-electron chi connectivity index (χ3n) is 2.89. The van der Waals surface area contributed by atoms with Crippen LogP contribution in [0.25, 0.3) is 0 Å². The molecular formula is C11H18N2O3S. The molecular weight excluding hydrogens is 240 g/mol. The third kappa shape index (κ3) is 2.88. The summed E-state index contributed by atoms with van der Waals surface area (Å²) in [4.78, 5) is 0. The Bertz CT molecular complexity index is 477. The van der Waals surface area contributed by atoms with Crippen molar-refractivity contribution in [2.45, 2.75) is 37.4 Å². The molecule has 1 aromatic heterocycles. The molecule has 1 aromatic rings.